The molecule has 0 rings (SSSR count). The van der Waals surface area contributed by atoms with Gasteiger partial charge >= 0.3 is 51.4 Å². The molecule has 0 spiro atoms. The Kier molecular flexibility index (Phi) is 20.2. The van der Waals surface area contributed by atoms with Crippen LogP contribution in [-0.2, 0) is 0 Å². The quantitative estimate of drug-likeness (QED) is 0.290. The van der Waals surface area contributed by atoms with Crippen LogP contribution >= 0.6 is 0 Å². The van der Waals surface area contributed by atoms with Gasteiger partial charge in [0.2, 0.25) is 0 Å². The molecule has 20 valence electrons. The molecule has 0 saturated heterocycles. The second-order valence-electron chi connectivity index (χ2n) is 0.447. The van der Waals surface area contributed by atoms with Crippen molar-refractivity contribution in [3.8, 4) is 0 Å². The van der Waals surface area contributed by atoms with Gasteiger partial charge in [0.1, 0.15) is 0 Å². The van der Waals surface area contributed by atoms with Crippen molar-refractivity contribution < 1.29 is 51.4 Å². The minimum atomic E-state index is 0. The van der Waals surface area contributed by atoms with Gasteiger partial charge in [-0.3, -0.25) is 0 Å². The average Bonchev–Trinajstić information content (AvgIpc) is 0.918. The van der Waals surface area contributed by atoms with Crippen molar-refractivity contribution in [3.05, 3.63) is 5.32 Å². The van der Waals surface area contributed by atoms with Gasteiger partial charge in [0, 0.05) is 0 Å². The van der Waals surface area contributed by atoms with Crippen LogP contribution in [0.25, 0.3) is 5.32 Å². The largest absolute Gasteiger partial charge is 1.00 e. The van der Waals surface area contributed by atoms with Gasteiger partial charge < -0.3 is 5.32 Å². The van der Waals surface area contributed by atoms with Gasteiger partial charge in [0.15, 0.2) is 0 Å². The van der Waals surface area contributed by atoms with E-state index in [0.717, 1.165) is 0 Å². The third-order valence-electron chi connectivity index (χ3n) is 0. The first-order valence-corrected chi connectivity index (χ1v) is 0.894. The van der Waals surface area contributed by atoms with Crippen molar-refractivity contribution in [1.29, 1.82) is 0 Å². The van der Waals surface area contributed by atoms with E-state index in [0.29, 0.717) is 0 Å². The van der Waals surface area contributed by atoms with E-state index in [1.165, 1.54) is 0 Å². The van der Waals surface area contributed by atoms with E-state index in [1.807, 2.05) is 0 Å². The average molecular weight is 83.2 g/mol. The Morgan fingerprint density at radius 2 is 1.25 bits per heavy atom. The topological polar surface area (TPSA) is 14.1 Å². The summed E-state index contributed by atoms with van der Waals surface area (Å²) in [6.45, 7) is 0. The zero-order valence-corrected chi connectivity index (χ0v) is 6.57. The molecule has 0 N–H and O–H groups in total. The van der Waals surface area contributed by atoms with E-state index in [-0.39, 0.29) is 51.4 Å². The summed E-state index contributed by atoms with van der Waals surface area (Å²) in [6.07, 6.45) is 0. The van der Waals surface area contributed by atoms with Crippen LogP contribution in [0.4, 0.5) is 0 Å². The minimum Gasteiger partial charge on any atom is -0.668 e. The molecule has 0 aliphatic carbocycles. The Bertz CT molecular complexity index is 6.00. The van der Waals surface area contributed by atoms with Crippen molar-refractivity contribution in [3.63, 3.8) is 0 Å². The first-order valence-electron chi connectivity index (χ1n) is 0.894. The van der Waals surface area contributed by atoms with Crippen molar-refractivity contribution in [2.75, 3.05) is 14.1 Å². The maximum atomic E-state index is 3.50. The van der Waals surface area contributed by atoms with Gasteiger partial charge in [0.25, 0.3) is 0 Å². The summed E-state index contributed by atoms with van der Waals surface area (Å²) in [5, 5.41) is 3.50. The van der Waals surface area contributed by atoms with E-state index in [4.69, 9.17) is 0 Å². The van der Waals surface area contributed by atoms with E-state index < -0.39 is 0 Å². The molecule has 0 heterocycles. The second kappa shape index (κ2) is 8.82. The Morgan fingerprint density at radius 3 is 1.25 bits per heavy atom. The van der Waals surface area contributed by atoms with E-state index in [1.54, 1.807) is 14.1 Å². The van der Waals surface area contributed by atoms with Crippen molar-refractivity contribution in [1.82, 2.24) is 0 Å². The molecular formula is C2H6KN. The van der Waals surface area contributed by atoms with Crippen LogP contribution < -0.4 is 51.4 Å². The second-order valence-corrected chi connectivity index (χ2v) is 0.447. The molecular weight excluding hydrogens is 77.1 g/mol. The first kappa shape index (κ1) is 9.14. The molecule has 0 aromatic carbocycles. The van der Waals surface area contributed by atoms with Crippen LogP contribution in [-0.4, -0.2) is 14.1 Å². The molecule has 0 aliphatic heterocycles. The van der Waals surface area contributed by atoms with Crippen molar-refractivity contribution in [2.45, 2.75) is 0 Å². The fraction of sp³-hybridized carbons (Fsp3) is 1.00. The molecule has 0 aliphatic rings. The predicted molar refractivity (Wildman–Crippen MR) is 15.2 cm³/mol. The standard InChI is InChI=1S/C2H6N.K/c1-3-2;/h1-2H3;/q-1;+1. The van der Waals surface area contributed by atoms with E-state index in [2.05, 4.69) is 5.32 Å². The molecule has 0 atom stereocenters. The van der Waals surface area contributed by atoms with Crippen LogP contribution in [0, 0.1) is 0 Å². The molecule has 0 bridgehead atoms. The third-order valence-corrected chi connectivity index (χ3v) is 0. The summed E-state index contributed by atoms with van der Waals surface area (Å²) < 4.78 is 0. The molecule has 0 unspecified atom stereocenters. The van der Waals surface area contributed by atoms with E-state index >= 15 is 0 Å². The normalized spacial score (nSPS) is 4.50. The Hall–Kier alpha value is 1.60. The monoisotopic (exact) mass is 83.0 g/mol. The molecule has 0 saturated carbocycles. The molecule has 4 heavy (non-hydrogen) atoms. The van der Waals surface area contributed by atoms with Crippen LogP contribution in [0.5, 0.6) is 0 Å². The van der Waals surface area contributed by atoms with Crippen LogP contribution in [0.2, 0.25) is 0 Å². The summed E-state index contributed by atoms with van der Waals surface area (Å²) >= 11 is 0. The summed E-state index contributed by atoms with van der Waals surface area (Å²) in [6, 6.07) is 0. The van der Waals surface area contributed by atoms with Gasteiger partial charge in [-0.1, -0.05) is 0 Å². The SMILES string of the molecule is C[N-]C.[K+]. The molecule has 0 fully saturated rings. The molecule has 0 amide bonds. The molecule has 0 aromatic heterocycles. The molecule has 0 aromatic rings. The van der Waals surface area contributed by atoms with Crippen LogP contribution in [0.3, 0.4) is 0 Å². The summed E-state index contributed by atoms with van der Waals surface area (Å²) in [4.78, 5) is 0. The zero-order valence-electron chi connectivity index (χ0n) is 3.45. The predicted octanol–water partition coefficient (Wildman–Crippen LogP) is -2.38. The first-order chi connectivity index (χ1) is 1.41. The Labute approximate surface area is 69.6 Å². The van der Waals surface area contributed by atoms with Gasteiger partial charge in [-0.2, -0.15) is 14.1 Å². The molecule has 1 nitrogen and oxygen atoms in total. The number of hydrogen-bond acceptors (Lipinski definition) is 0. The number of nitrogens with zero attached hydrogens (tertiary/aromatic N) is 1. The minimum absolute atomic E-state index is 0. The van der Waals surface area contributed by atoms with Crippen LogP contribution in [0.1, 0.15) is 0 Å². The number of hydrogen-bond donors (Lipinski definition) is 0. The fourth-order valence-electron chi connectivity index (χ4n) is 0. The third kappa shape index (κ3) is 9.51. The van der Waals surface area contributed by atoms with Gasteiger partial charge in [-0.15, -0.1) is 0 Å². The summed E-state index contributed by atoms with van der Waals surface area (Å²) in [5.41, 5.74) is 0. The van der Waals surface area contributed by atoms with Gasteiger partial charge in [-0.05, 0) is 0 Å². The Morgan fingerprint density at radius 1 is 1.25 bits per heavy atom. The van der Waals surface area contributed by atoms with Crippen LogP contribution in [0.15, 0.2) is 0 Å². The fourth-order valence-corrected chi connectivity index (χ4v) is 0. The van der Waals surface area contributed by atoms with Gasteiger partial charge in [0.05, 0.1) is 0 Å². The number of rotatable bonds is 0. The van der Waals surface area contributed by atoms with E-state index in [9.17, 15) is 0 Å². The molecule has 0 radical (unpaired) electrons. The summed E-state index contributed by atoms with van der Waals surface area (Å²) in [5.74, 6) is 0. The molecule has 2 heteroatoms. The smallest absolute Gasteiger partial charge is 0.668 e. The summed E-state index contributed by atoms with van der Waals surface area (Å²) in [7, 11) is 3.50. The zero-order chi connectivity index (χ0) is 2.71. The van der Waals surface area contributed by atoms with Crippen molar-refractivity contribution >= 4 is 0 Å². The van der Waals surface area contributed by atoms with Crippen molar-refractivity contribution in [2.24, 2.45) is 0 Å². The Balaban J connectivity index is 0. The maximum absolute atomic E-state index is 3.50. The van der Waals surface area contributed by atoms with Gasteiger partial charge in [-0.25, -0.2) is 0 Å². The maximum Gasteiger partial charge on any atom is 1.00 e.